The Hall–Kier alpha value is -1.75. The van der Waals surface area contributed by atoms with Crippen molar-refractivity contribution in [2.45, 2.75) is 26.9 Å². The van der Waals surface area contributed by atoms with Crippen LogP contribution in [0.2, 0.25) is 0 Å². The molecule has 1 unspecified atom stereocenters. The maximum Gasteiger partial charge on any atom is 0.371 e. The molecule has 0 amide bonds. The van der Waals surface area contributed by atoms with E-state index in [0.29, 0.717) is 5.76 Å². The average Bonchev–Trinajstić information content (AvgIpc) is 2.85. The van der Waals surface area contributed by atoms with Crippen molar-refractivity contribution in [1.29, 1.82) is 0 Å². The molecule has 0 saturated carbocycles. The summed E-state index contributed by atoms with van der Waals surface area (Å²) in [7, 11) is 0. The highest BCUT2D eigenvalue weighted by Gasteiger charge is 2.16. The first-order chi connectivity index (χ1) is 9.38. The number of hydrogen-bond acceptors (Lipinski definition) is 3. The summed E-state index contributed by atoms with van der Waals surface area (Å²) >= 11 is 3.50. The largest absolute Gasteiger partial charge is 0.483 e. The minimum atomic E-state index is -1.08. The lowest BCUT2D eigenvalue weighted by Gasteiger charge is -2.14. The first kappa shape index (κ1) is 14.7. The number of carboxylic acids is 1. The van der Waals surface area contributed by atoms with Crippen molar-refractivity contribution in [3.8, 4) is 5.75 Å². The summed E-state index contributed by atoms with van der Waals surface area (Å²) in [6.45, 7) is 5.80. The van der Waals surface area contributed by atoms with E-state index in [2.05, 4.69) is 15.9 Å². The smallest absolute Gasteiger partial charge is 0.371 e. The maximum absolute atomic E-state index is 10.8. The molecule has 0 aliphatic rings. The van der Waals surface area contributed by atoms with Crippen molar-refractivity contribution in [2.24, 2.45) is 0 Å². The van der Waals surface area contributed by atoms with Crippen molar-refractivity contribution in [3.63, 3.8) is 0 Å². The zero-order valence-electron chi connectivity index (χ0n) is 11.4. The Morgan fingerprint density at radius 3 is 2.40 bits per heavy atom. The van der Waals surface area contributed by atoms with Crippen LogP contribution in [-0.2, 0) is 0 Å². The van der Waals surface area contributed by atoms with Gasteiger partial charge in [-0.3, -0.25) is 0 Å². The van der Waals surface area contributed by atoms with Crippen molar-refractivity contribution >= 4 is 21.9 Å². The van der Waals surface area contributed by atoms with E-state index in [1.54, 1.807) is 6.07 Å². The molecule has 2 aromatic rings. The molecular weight excluding hydrogens is 324 g/mol. The van der Waals surface area contributed by atoms with E-state index in [1.807, 2.05) is 32.9 Å². The maximum atomic E-state index is 10.8. The highest BCUT2D eigenvalue weighted by Crippen LogP contribution is 2.29. The fourth-order valence-corrected chi connectivity index (χ4v) is 2.15. The molecule has 20 heavy (non-hydrogen) atoms. The molecular formula is C15H15BrO4. The molecule has 0 aliphatic carbocycles. The molecule has 1 aromatic heterocycles. The van der Waals surface area contributed by atoms with Gasteiger partial charge in [0.2, 0.25) is 5.76 Å². The molecule has 0 saturated heterocycles. The molecule has 106 valence electrons. The van der Waals surface area contributed by atoms with Crippen LogP contribution in [0.15, 0.2) is 33.2 Å². The Balaban J connectivity index is 2.18. The van der Waals surface area contributed by atoms with Crippen molar-refractivity contribution < 1.29 is 19.1 Å². The van der Waals surface area contributed by atoms with Gasteiger partial charge in [-0.1, -0.05) is 15.9 Å². The van der Waals surface area contributed by atoms with Crippen molar-refractivity contribution in [1.82, 2.24) is 0 Å². The second-order valence-corrected chi connectivity index (χ2v) is 5.43. The van der Waals surface area contributed by atoms with E-state index in [1.165, 1.54) is 6.07 Å². The number of furan rings is 1. The molecule has 2 rings (SSSR count). The standard InChI is InChI=1S/C15H15BrO4/c1-8-6-11(7-9(2)14(8)16)19-10(3)12-4-5-13(20-12)15(17)18/h4-7,10H,1-3H3,(H,17,18). The molecule has 0 bridgehead atoms. The van der Waals surface area contributed by atoms with Crippen LogP contribution in [0.4, 0.5) is 0 Å². The Labute approximate surface area is 125 Å². The zero-order valence-corrected chi connectivity index (χ0v) is 13.0. The lowest BCUT2D eigenvalue weighted by molar-refractivity contribution is 0.0655. The Morgan fingerprint density at radius 2 is 1.90 bits per heavy atom. The van der Waals surface area contributed by atoms with E-state index in [9.17, 15) is 4.79 Å². The van der Waals surface area contributed by atoms with Gasteiger partial charge in [0.25, 0.3) is 0 Å². The lowest BCUT2D eigenvalue weighted by atomic mass is 10.1. The van der Waals surface area contributed by atoms with Crippen LogP contribution in [-0.4, -0.2) is 11.1 Å². The number of aryl methyl sites for hydroxylation is 2. The summed E-state index contributed by atoms with van der Waals surface area (Å²) in [6, 6.07) is 6.89. The first-order valence-electron chi connectivity index (χ1n) is 6.15. The summed E-state index contributed by atoms with van der Waals surface area (Å²) in [5.74, 6) is 0.0435. The SMILES string of the molecule is Cc1cc(OC(C)c2ccc(C(=O)O)o2)cc(C)c1Br. The van der Waals surface area contributed by atoms with Crippen LogP contribution in [0.25, 0.3) is 0 Å². The van der Waals surface area contributed by atoms with Crippen LogP contribution in [0.1, 0.15) is 40.5 Å². The summed E-state index contributed by atoms with van der Waals surface area (Å²) in [5.41, 5.74) is 2.16. The molecule has 4 nitrogen and oxygen atoms in total. The summed E-state index contributed by atoms with van der Waals surface area (Å²) in [5, 5.41) is 8.83. The number of aromatic carboxylic acids is 1. The third-order valence-corrected chi connectivity index (χ3v) is 4.21. The summed E-state index contributed by atoms with van der Waals surface area (Å²) in [4.78, 5) is 10.8. The van der Waals surface area contributed by atoms with Crippen molar-refractivity contribution in [3.05, 3.63) is 51.4 Å². The van der Waals surface area contributed by atoms with Gasteiger partial charge < -0.3 is 14.3 Å². The second kappa shape index (κ2) is 5.71. The van der Waals surface area contributed by atoms with Gasteiger partial charge in [0, 0.05) is 4.47 Å². The number of carbonyl (C=O) groups is 1. The highest BCUT2D eigenvalue weighted by molar-refractivity contribution is 9.10. The fraction of sp³-hybridized carbons (Fsp3) is 0.267. The van der Waals surface area contributed by atoms with Crippen LogP contribution in [0.5, 0.6) is 5.75 Å². The molecule has 0 fully saturated rings. The molecule has 1 aromatic carbocycles. The molecule has 5 heteroatoms. The number of halogens is 1. The third-order valence-electron chi connectivity index (χ3n) is 2.96. The minimum Gasteiger partial charge on any atom is -0.483 e. The summed E-state index contributed by atoms with van der Waals surface area (Å²) in [6.07, 6.45) is -0.358. The number of ether oxygens (including phenoxy) is 1. The van der Waals surface area contributed by atoms with Gasteiger partial charge >= 0.3 is 5.97 Å². The van der Waals surface area contributed by atoms with E-state index in [4.69, 9.17) is 14.3 Å². The highest BCUT2D eigenvalue weighted by atomic mass is 79.9. The lowest BCUT2D eigenvalue weighted by Crippen LogP contribution is -2.03. The van der Waals surface area contributed by atoms with Gasteiger partial charge in [0.05, 0.1) is 0 Å². The quantitative estimate of drug-likeness (QED) is 0.891. The average molecular weight is 339 g/mol. The van der Waals surface area contributed by atoms with Gasteiger partial charge in [0.15, 0.2) is 6.10 Å². The van der Waals surface area contributed by atoms with Crippen LogP contribution in [0.3, 0.4) is 0 Å². The topological polar surface area (TPSA) is 59.7 Å². The van der Waals surface area contributed by atoms with Gasteiger partial charge in [-0.25, -0.2) is 4.79 Å². The normalized spacial score (nSPS) is 12.2. The molecule has 0 aliphatic heterocycles. The Morgan fingerprint density at radius 1 is 1.30 bits per heavy atom. The van der Waals surface area contributed by atoms with Gasteiger partial charge in [0.1, 0.15) is 11.5 Å². The zero-order chi connectivity index (χ0) is 14.9. The second-order valence-electron chi connectivity index (χ2n) is 4.64. The van der Waals surface area contributed by atoms with E-state index >= 15 is 0 Å². The summed E-state index contributed by atoms with van der Waals surface area (Å²) < 4.78 is 12.1. The molecule has 1 heterocycles. The number of hydrogen-bond donors (Lipinski definition) is 1. The third kappa shape index (κ3) is 3.04. The van der Waals surface area contributed by atoms with Crippen LogP contribution in [0, 0.1) is 13.8 Å². The number of rotatable bonds is 4. The van der Waals surface area contributed by atoms with Gasteiger partial charge in [-0.15, -0.1) is 0 Å². The molecule has 1 N–H and O–H groups in total. The fourth-order valence-electron chi connectivity index (χ4n) is 1.92. The van der Waals surface area contributed by atoms with E-state index < -0.39 is 5.97 Å². The van der Waals surface area contributed by atoms with Gasteiger partial charge in [-0.2, -0.15) is 0 Å². The van der Waals surface area contributed by atoms with Crippen LogP contribution >= 0.6 is 15.9 Å². The van der Waals surface area contributed by atoms with Crippen LogP contribution < -0.4 is 4.74 Å². The minimum absolute atomic E-state index is 0.0846. The van der Waals surface area contributed by atoms with Gasteiger partial charge in [-0.05, 0) is 56.2 Å². The number of carboxylic acid groups (broad SMARTS) is 1. The number of benzene rings is 1. The molecule has 1 atom stereocenters. The van der Waals surface area contributed by atoms with Crippen molar-refractivity contribution in [2.75, 3.05) is 0 Å². The molecule has 0 radical (unpaired) electrons. The first-order valence-corrected chi connectivity index (χ1v) is 6.94. The Bertz CT molecular complexity index is 622. The van der Waals surface area contributed by atoms with E-state index in [-0.39, 0.29) is 11.9 Å². The predicted octanol–water partition coefficient (Wildman–Crippen LogP) is 4.50. The monoisotopic (exact) mass is 338 g/mol. The molecule has 0 spiro atoms. The predicted molar refractivity (Wildman–Crippen MR) is 78.3 cm³/mol. The van der Waals surface area contributed by atoms with E-state index in [0.717, 1.165) is 21.3 Å². The Kier molecular flexibility index (Phi) is 4.18.